The van der Waals surface area contributed by atoms with Crippen LogP contribution in [0.3, 0.4) is 0 Å². The molecule has 1 atom stereocenters. The van der Waals surface area contributed by atoms with Gasteiger partial charge in [-0.3, -0.25) is 4.90 Å². The minimum atomic E-state index is 0.259. The Bertz CT molecular complexity index is 219. The lowest BCUT2D eigenvalue weighted by atomic mass is 9.97. The molecule has 1 aliphatic heterocycles. The first-order valence-corrected chi connectivity index (χ1v) is 7.66. The number of nitrogens with zero attached hydrogens (tertiary/aromatic N) is 1. The summed E-state index contributed by atoms with van der Waals surface area (Å²) in [6.45, 7) is 14.4. The van der Waals surface area contributed by atoms with E-state index >= 15 is 0 Å². The standard InChI is InChI=1S/C15H32N2O/c1-5-7-10-18-11-8-9-17-13-15(3,4)16-12-14(17)6-2/h14,16H,5-13H2,1-4H3. The molecule has 1 heterocycles. The van der Waals surface area contributed by atoms with Gasteiger partial charge in [0.1, 0.15) is 0 Å². The van der Waals surface area contributed by atoms with Crippen molar-refractivity contribution < 1.29 is 4.74 Å². The molecule has 108 valence electrons. The van der Waals surface area contributed by atoms with Crippen molar-refractivity contribution in [3.8, 4) is 0 Å². The zero-order chi connectivity index (χ0) is 13.4. The number of ether oxygens (including phenoxy) is 1. The SMILES string of the molecule is CCCCOCCCN1CC(C)(C)NCC1CC. The lowest BCUT2D eigenvalue weighted by Crippen LogP contribution is -2.61. The Kier molecular flexibility index (Phi) is 7.20. The molecule has 1 fully saturated rings. The van der Waals surface area contributed by atoms with Crippen LogP contribution in [0.2, 0.25) is 0 Å². The average molecular weight is 256 g/mol. The third-order valence-corrected chi connectivity index (χ3v) is 3.78. The van der Waals surface area contributed by atoms with Gasteiger partial charge in [-0.15, -0.1) is 0 Å². The topological polar surface area (TPSA) is 24.5 Å². The normalized spacial score (nSPS) is 24.3. The molecule has 1 aliphatic rings. The van der Waals surface area contributed by atoms with Crippen LogP contribution in [0.15, 0.2) is 0 Å². The molecule has 18 heavy (non-hydrogen) atoms. The van der Waals surface area contributed by atoms with Crippen molar-refractivity contribution in [3.05, 3.63) is 0 Å². The van der Waals surface area contributed by atoms with Gasteiger partial charge in [-0.05, 0) is 33.1 Å². The number of nitrogens with one attached hydrogen (secondary N) is 1. The summed E-state index contributed by atoms with van der Waals surface area (Å²) in [5.41, 5.74) is 0.259. The summed E-state index contributed by atoms with van der Waals surface area (Å²) in [5, 5.41) is 3.63. The van der Waals surface area contributed by atoms with Crippen molar-refractivity contribution >= 4 is 0 Å². The van der Waals surface area contributed by atoms with Crippen LogP contribution >= 0.6 is 0 Å². The summed E-state index contributed by atoms with van der Waals surface area (Å²) in [6, 6.07) is 0.702. The van der Waals surface area contributed by atoms with E-state index in [9.17, 15) is 0 Å². The second-order valence-electron chi connectivity index (χ2n) is 6.12. The third kappa shape index (κ3) is 5.68. The molecule has 0 amide bonds. The first-order valence-electron chi connectivity index (χ1n) is 7.66. The molecule has 0 aromatic heterocycles. The molecular formula is C15H32N2O. The Balaban J connectivity index is 2.20. The Morgan fingerprint density at radius 3 is 2.61 bits per heavy atom. The van der Waals surface area contributed by atoms with Crippen LogP contribution in [-0.4, -0.2) is 49.3 Å². The maximum absolute atomic E-state index is 5.64. The van der Waals surface area contributed by atoms with Gasteiger partial charge in [0.15, 0.2) is 0 Å². The second-order valence-corrected chi connectivity index (χ2v) is 6.12. The van der Waals surface area contributed by atoms with Crippen LogP contribution in [0.5, 0.6) is 0 Å². The molecule has 0 aromatic carbocycles. The van der Waals surface area contributed by atoms with E-state index in [2.05, 4.69) is 37.9 Å². The maximum Gasteiger partial charge on any atom is 0.0478 e. The Morgan fingerprint density at radius 1 is 1.22 bits per heavy atom. The van der Waals surface area contributed by atoms with Crippen molar-refractivity contribution in [1.82, 2.24) is 10.2 Å². The Hall–Kier alpha value is -0.120. The highest BCUT2D eigenvalue weighted by Crippen LogP contribution is 2.17. The molecule has 0 saturated carbocycles. The predicted molar refractivity (Wildman–Crippen MR) is 78.1 cm³/mol. The van der Waals surface area contributed by atoms with Gasteiger partial charge < -0.3 is 10.1 Å². The van der Waals surface area contributed by atoms with E-state index in [-0.39, 0.29) is 5.54 Å². The van der Waals surface area contributed by atoms with E-state index in [1.165, 1.54) is 25.8 Å². The second kappa shape index (κ2) is 8.13. The fourth-order valence-electron chi connectivity index (χ4n) is 2.60. The summed E-state index contributed by atoms with van der Waals surface area (Å²) in [5.74, 6) is 0. The van der Waals surface area contributed by atoms with Gasteiger partial charge in [-0.2, -0.15) is 0 Å². The molecule has 0 bridgehead atoms. The molecule has 0 aliphatic carbocycles. The van der Waals surface area contributed by atoms with Gasteiger partial charge in [0.2, 0.25) is 0 Å². The van der Waals surface area contributed by atoms with Crippen molar-refractivity contribution in [2.75, 3.05) is 32.8 Å². The highest BCUT2D eigenvalue weighted by molar-refractivity contribution is 4.91. The van der Waals surface area contributed by atoms with Crippen LogP contribution in [0.25, 0.3) is 0 Å². The van der Waals surface area contributed by atoms with E-state index in [0.717, 1.165) is 32.7 Å². The van der Waals surface area contributed by atoms with Crippen LogP contribution in [0, 0.1) is 0 Å². The lowest BCUT2D eigenvalue weighted by Gasteiger charge is -2.44. The van der Waals surface area contributed by atoms with E-state index in [1.807, 2.05) is 0 Å². The van der Waals surface area contributed by atoms with Crippen LogP contribution in [-0.2, 0) is 4.74 Å². The quantitative estimate of drug-likeness (QED) is 0.676. The molecule has 0 radical (unpaired) electrons. The molecule has 1 rings (SSSR count). The summed E-state index contributed by atoms with van der Waals surface area (Å²) in [7, 11) is 0. The molecule has 3 heteroatoms. The number of piperazine rings is 1. The fourth-order valence-corrected chi connectivity index (χ4v) is 2.60. The monoisotopic (exact) mass is 256 g/mol. The van der Waals surface area contributed by atoms with Gasteiger partial charge in [0, 0.05) is 44.4 Å². The summed E-state index contributed by atoms with van der Waals surface area (Å²) in [6.07, 6.45) is 4.82. The van der Waals surface area contributed by atoms with Crippen molar-refractivity contribution in [2.24, 2.45) is 0 Å². The number of rotatable bonds is 8. The summed E-state index contributed by atoms with van der Waals surface area (Å²) < 4.78 is 5.64. The first kappa shape index (κ1) is 15.9. The minimum absolute atomic E-state index is 0.259. The molecule has 1 N–H and O–H groups in total. The van der Waals surface area contributed by atoms with Crippen LogP contribution in [0.1, 0.15) is 53.4 Å². The first-order chi connectivity index (χ1) is 8.59. The molecule has 3 nitrogen and oxygen atoms in total. The maximum atomic E-state index is 5.64. The number of unbranched alkanes of at least 4 members (excludes halogenated alkanes) is 1. The van der Waals surface area contributed by atoms with Crippen LogP contribution in [0.4, 0.5) is 0 Å². The third-order valence-electron chi connectivity index (χ3n) is 3.78. The smallest absolute Gasteiger partial charge is 0.0478 e. The Labute approximate surface area is 113 Å². The molecule has 1 saturated heterocycles. The number of hydrogen-bond acceptors (Lipinski definition) is 3. The van der Waals surface area contributed by atoms with Crippen LogP contribution < -0.4 is 5.32 Å². The molecular weight excluding hydrogens is 224 g/mol. The van der Waals surface area contributed by atoms with Gasteiger partial charge >= 0.3 is 0 Å². The zero-order valence-corrected chi connectivity index (χ0v) is 12.8. The highest BCUT2D eigenvalue weighted by Gasteiger charge is 2.30. The predicted octanol–water partition coefficient (Wildman–Crippen LogP) is 2.66. The molecule has 1 unspecified atom stereocenters. The summed E-state index contributed by atoms with van der Waals surface area (Å²) >= 11 is 0. The van der Waals surface area contributed by atoms with Gasteiger partial charge in [-0.25, -0.2) is 0 Å². The van der Waals surface area contributed by atoms with Gasteiger partial charge in [-0.1, -0.05) is 20.3 Å². The largest absolute Gasteiger partial charge is 0.381 e. The lowest BCUT2D eigenvalue weighted by molar-refractivity contribution is 0.0712. The number of hydrogen-bond donors (Lipinski definition) is 1. The van der Waals surface area contributed by atoms with E-state index in [0.29, 0.717) is 6.04 Å². The van der Waals surface area contributed by atoms with E-state index in [4.69, 9.17) is 4.74 Å². The van der Waals surface area contributed by atoms with E-state index in [1.54, 1.807) is 0 Å². The van der Waals surface area contributed by atoms with Crippen molar-refractivity contribution in [3.63, 3.8) is 0 Å². The summed E-state index contributed by atoms with van der Waals surface area (Å²) in [4.78, 5) is 2.64. The Morgan fingerprint density at radius 2 is 1.94 bits per heavy atom. The fraction of sp³-hybridized carbons (Fsp3) is 1.00. The van der Waals surface area contributed by atoms with Gasteiger partial charge in [0.05, 0.1) is 0 Å². The van der Waals surface area contributed by atoms with E-state index < -0.39 is 0 Å². The zero-order valence-electron chi connectivity index (χ0n) is 12.8. The van der Waals surface area contributed by atoms with Crippen molar-refractivity contribution in [2.45, 2.75) is 65.0 Å². The molecule has 0 aromatic rings. The highest BCUT2D eigenvalue weighted by atomic mass is 16.5. The van der Waals surface area contributed by atoms with Gasteiger partial charge in [0.25, 0.3) is 0 Å². The molecule has 0 spiro atoms. The average Bonchev–Trinajstić information content (AvgIpc) is 2.33. The minimum Gasteiger partial charge on any atom is -0.381 e. The van der Waals surface area contributed by atoms with Crippen molar-refractivity contribution in [1.29, 1.82) is 0 Å².